The first-order chi connectivity index (χ1) is 13.2. The van der Waals surface area contributed by atoms with E-state index >= 15 is 0 Å². The summed E-state index contributed by atoms with van der Waals surface area (Å²) in [5.41, 5.74) is 1.01. The molecule has 0 amide bonds. The van der Waals surface area contributed by atoms with Gasteiger partial charge < -0.3 is 19.7 Å². The van der Waals surface area contributed by atoms with E-state index in [1.54, 1.807) is 24.3 Å². The average Bonchev–Trinajstić information content (AvgIpc) is 3.33. The second-order valence-corrected chi connectivity index (χ2v) is 7.04. The first-order valence-corrected chi connectivity index (χ1v) is 9.75. The lowest BCUT2D eigenvalue weighted by Crippen LogP contribution is -2.07. The minimum Gasteiger partial charge on any atom is -0.508 e. The van der Waals surface area contributed by atoms with Crippen molar-refractivity contribution in [3.8, 4) is 11.5 Å². The molecule has 4 rings (SSSR count). The van der Waals surface area contributed by atoms with Crippen LogP contribution in [0, 0.1) is 5.92 Å². The monoisotopic (exact) mass is 372 g/mol. The predicted octanol–water partition coefficient (Wildman–Crippen LogP) is 5.03. The maximum absolute atomic E-state index is 9.11. The van der Waals surface area contributed by atoms with Crippen molar-refractivity contribution in [1.82, 2.24) is 10.5 Å². The molecule has 0 aliphatic heterocycles. The van der Waals surface area contributed by atoms with E-state index in [-0.39, 0.29) is 5.75 Å². The van der Waals surface area contributed by atoms with Gasteiger partial charge in [0.1, 0.15) is 17.3 Å². The van der Waals surface area contributed by atoms with E-state index in [2.05, 4.69) is 23.1 Å². The summed E-state index contributed by atoms with van der Waals surface area (Å²) < 4.78 is 10.7. The number of aromatic hydroxyl groups is 1. The SMILES string of the molecule is C=CC.CNCc1cc(C2CCC2)on1.Oc1cccc(OCC2CC2)c1. The lowest BCUT2D eigenvalue weighted by atomic mass is 9.83. The Morgan fingerprint density at radius 2 is 2.04 bits per heavy atom. The lowest BCUT2D eigenvalue weighted by molar-refractivity contribution is 0.298. The molecule has 2 aliphatic carbocycles. The quantitative estimate of drug-likeness (QED) is 0.696. The van der Waals surface area contributed by atoms with Crippen LogP contribution in [0.2, 0.25) is 0 Å². The highest BCUT2D eigenvalue weighted by atomic mass is 16.5. The third kappa shape index (κ3) is 7.87. The van der Waals surface area contributed by atoms with E-state index in [1.165, 1.54) is 32.1 Å². The van der Waals surface area contributed by atoms with Gasteiger partial charge in [-0.05, 0) is 57.7 Å². The molecule has 2 fully saturated rings. The number of phenolic OH excluding ortho intramolecular Hbond substituents is 1. The Morgan fingerprint density at radius 1 is 1.30 bits per heavy atom. The van der Waals surface area contributed by atoms with Gasteiger partial charge >= 0.3 is 0 Å². The fourth-order valence-electron chi connectivity index (χ4n) is 2.55. The summed E-state index contributed by atoms with van der Waals surface area (Å²) in [5.74, 6) is 3.52. The highest BCUT2D eigenvalue weighted by molar-refractivity contribution is 5.31. The zero-order valence-corrected chi connectivity index (χ0v) is 16.5. The molecule has 5 nitrogen and oxygen atoms in total. The fourth-order valence-corrected chi connectivity index (χ4v) is 2.55. The van der Waals surface area contributed by atoms with Gasteiger partial charge in [-0.3, -0.25) is 0 Å². The summed E-state index contributed by atoms with van der Waals surface area (Å²) in [7, 11) is 1.91. The summed E-state index contributed by atoms with van der Waals surface area (Å²) in [6.45, 7) is 6.85. The predicted molar refractivity (Wildman–Crippen MR) is 108 cm³/mol. The molecule has 5 heteroatoms. The first-order valence-electron chi connectivity index (χ1n) is 9.75. The Hall–Kier alpha value is -2.27. The van der Waals surface area contributed by atoms with Gasteiger partial charge in [0.05, 0.1) is 12.3 Å². The lowest BCUT2D eigenvalue weighted by Gasteiger charge is -2.21. The van der Waals surface area contributed by atoms with Crippen molar-refractivity contribution >= 4 is 0 Å². The molecule has 0 saturated heterocycles. The third-order valence-corrected chi connectivity index (χ3v) is 4.44. The minimum absolute atomic E-state index is 0.267. The largest absolute Gasteiger partial charge is 0.508 e. The van der Waals surface area contributed by atoms with E-state index in [0.717, 1.165) is 36.3 Å². The van der Waals surface area contributed by atoms with Crippen LogP contribution in [0.4, 0.5) is 0 Å². The van der Waals surface area contributed by atoms with E-state index < -0.39 is 0 Å². The highest BCUT2D eigenvalue weighted by Gasteiger charge is 2.23. The molecular formula is C22H32N2O3. The van der Waals surface area contributed by atoms with Crippen LogP contribution >= 0.6 is 0 Å². The third-order valence-electron chi connectivity index (χ3n) is 4.44. The second-order valence-electron chi connectivity index (χ2n) is 7.04. The Labute approximate surface area is 162 Å². The molecular weight excluding hydrogens is 340 g/mol. The van der Waals surface area contributed by atoms with E-state index in [4.69, 9.17) is 14.4 Å². The van der Waals surface area contributed by atoms with E-state index in [1.807, 2.05) is 20.0 Å². The zero-order chi connectivity index (χ0) is 19.5. The molecule has 0 bridgehead atoms. The van der Waals surface area contributed by atoms with E-state index in [9.17, 15) is 0 Å². The Kier molecular flexibility index (Phi) is 8.92. The highest BCUT2D eigenvalue weighted by Crippen LogP contribution is 2.36. The van der Waals surface area contributed by atoms with Gasteiger partial charge in [0.2, 0.25) is 0 Å². The summed E-state index contributed by atoms with van der Waals surface area (Å²) >= 11 is 0. The first kappa shape index (κ1) is 21.0. The van der Waals surface area contributed by atoms with Crippen molar-refractivity contribution in [2.24, 2.45) is 5.92 Å². The molecule has 0 atom stereocenters. The van der Waals surface area contributed by atoms with Crippen molar-refractivity contribution in [1.29, 1.82) is 0 Å². The van der Waals surface area contributed by atoms with Crippen LogP contribution < -0.4 is 10.1 Å². The van der Waals surface area contributed by atoms with Crippen LogP contribution in [0.1, 0.15) is 56.4 Å². The molecule has 2 N–H and O–H groups in total. The van der Waals surface area contributed by atoms with Gasteiger partial charge in [0, 0.05) is 24.6 Å². The van der Waals surface area contributed by atoms with Crippen LogP contribution in [0.15, 0.2) is 47.5 Å². The van der Waals surface area contributed by atoms with Gasteiger partial charge in [-0.2, -0.15) is 0 Å². The molecule has 0 radical (unpaired) electrons. The van der Waals surface area contributed by atoms with Crippen molar-refractivity contribution in [3.05, 3.63) is 54.4 Å². The Balaban J connectivity index is 0.000000170. The molecule has 0 unspecified atom stereocenters. The molecule has 27 heavy (non-hydrogen) atoms. The number of rotatable bonds is 6. The van der Waals surface area contributed by atoms with Crippen LogP contribution in [0.3, 0.4) is 0 Å². The van der Waals surface area contributed by atoms with Gasteiger partial charge in [-0.25, -0.2) is 0 Å². The number of ether oxygens (including phenoxy) is 1. The number of hydrogen-bond donors (Lipinski definition) is 2. The van der Waals surface area contributed by atoms with Gasteiger partial charge in [0.15, 0.2) is 0 Å². The molecule has 2 saturated carbocycles. The number of hydrogen-bond acceptors (Lipinski definition) is 5. The molecule has 2 aliphatic rings. The standard InChI is InChI=1S/C10H12O2.C9H14N2O.C3H6/c11-9-2-1-3-10(6-9)12-7-8-4-5-8;1-10-6-8-5-9(12-11-8)7-3-2-4-7;1-3-2/h1-3,6,8,11H,4-5,7H2;5,7,10H,2-4,6H2,1H3;3H,1H2,2H3. The summed E-state index contributed by atoms with van der Waals surface area (Å²) in [4.78, 5) is 0. The van der Waals surface area contributed by atoms with Crippen molar-refractivity contribution in [2.75, 3.05) is 13.7 Å². The molecule has 1 aromatic carbocycles. The van der Waals surface area contributed by atoms with Crippen molar-refractivity contribution in [2.45, 2.75) is 51.5 Å². The topological polar surface area (TPSA) is 67.5 Å². The number of nitrogens with one attached hydrogen (secondary N) is 1. The number of benzene rings is 1. The normalized spacial score (nSPS) is 15.5. The molecule has 2 aromatic rings. The fraction of sp³-hybridized carbons (Fsp3) is 0.500. The van der Waals surface area contributed by atoms with Crippen LogP contribution in [-0.2, 0) is 6.54 Å². The average molecular weight is 373 g/mol. The molecule has 1 heterocycles. The summed E-state index contributed by atoms with van der Waals surface area (Å²) in [5, 5.41) is 16.1. The molecule has 1 aromatic heterocycles. The molecule has 0 spiro atoms. The second kappa shape index (κ2) is 11.4. The number of aromatic nitrogens is 1. The smallest absolute Gasteiger partial charge is 0.140 e. The minimum atomic E-state index is 0.267. The summed E-state index contributed by atoms with van der Waals surface area (Å²) in [6.07, 6.45) is 8.22. The summed E-state index contributed by atoms with van der Waals surface area (Å²) in [6, 6.07) is 9.01. The van der Waals surface area contributed by atoms with Gasteiger partial charge in [-0.15, -0.1) is 6.58 Å². The maximum atomic E-state index is 9.11. The van der Waals surface area contributed by atoms with Crippen LogP contribution in [-0.4, -0.2) is 23.9 Å². The van der Waals surface area contributed by atoms with Gasteiger partial charge in [0.25, 0.3) is 0 Å². The Bertz CT molecular complexity index is 676. The van der Waals surface area contributed by atoms with E-state index in [0.29, 0.717) is 5.92 Å². The Morgan fingerprint density at radius 3 is 2.59 bits per heavy atom. The maximum Gasteiger partial charge on any atom is 0.140 e. The number of allylic oxidation sites excluding steroid dienone is 1. The zero-order valence-electron chi connectivity index (χ0n) is 16.5. The van der Waals surface area contributed by atoms with Crippen LogP contribution in [0.25, 0.3) is 0 Å². The van der Waals surface area contributed by atoms with Crippen LogP contribution in [0.5, 0.6) is 11.5 Å². The number of nitrogens with zero attached hydrogens (tertiary/aromatic N) is 1. The van der Waals surface area contributed by atoms with Crippen molar-refractivity contribution in [3.63, 3.8) is 0 Å². The number of phenols is 1. The van der Waals surface area contributed by atoms with Crippen molar-refractivity contribution < 1.29 is 14.4 Å². The molecule has 148 valence electrons. The van der Waals surface area contributed by atoms with Gasteiger partial charge in [-0.1, -0.05) is 23.7 Å².